The number of ether oxygens (including phenoxy) is 1. The van der Waals surface area contributed by atoms with Crippen molar-refractivity contribution in [2.24, 2.45) is 0 Å². The van der Waals surface area contributed by atoms with Gasteiger partial charge in [0.15, 0.2) is 11.6 Å². The van der Waals surface area contributed by atoms with Crippen LogP contribution in [-0.4, -0.2) is 45.9 Å². The third kappa shape index (κ3) is 3.41. The van der Waals surface area contributed by atoms with E-state index in [2.05, 4.69) is 4.98 Å². The molecule has 0 unspecified atom stereocenters. The fraction of sp³-hybridized carbons (Fsp3) is 0.500. The van der Waals surface area contributed by atoms with Crippen molar-refractivity contribution in [2.75, 3.05) is 19.7 Å². The van der Waals surface area contributed by atoms with Crippen LogP contribution in [0, 0.1) is 0 Å². The number of aromatic nitrogens is 2. The number of imidazole rings is 1. The molecular formula is C14H17N3O3S. The SMILES string of the molecule is O=C(Cc1cn2ccsc2n1)OCC(=O)N1CCCCC1. The fourth-order valence-electron chi connectivity index (χ4n) is 2.44. The summed E-state index contributed by atoms with van der Waals surface area (Å²) in [7, 11) is 0. The van der Waals surface area contributed by atoms with Gasteiger partial charge >= 0.3 is 5.97 Å². The number of piperidine rings is 1. The van der Waals surface area contributed by atoms with E-state index in [4.69, 9.17) is 4.74 Å². The molecule has 1 aliphatic heterocycles. The Bertz CT molecular complexity index is 614. The number of hydrogen-bond acceptors (Lipinski definition) is 5. The van der Waals surface area contributed by atoms with Crippen molar-refractivity contribution in [1.29, 1.82) is 0 Å². The molecule has 1 fully saturated rings. The van der Waals surface area contributed by atoms with Gasteiger partial charge in [-0.15, -0.1) is 11.3 Å². The zero-order valence-corrected chi connectivity index (χ0v) is 12.5. The quantitative estimate of drug-likeness (QED) is 0.803. The van der Waals surface area contributed by atoms with Gasteiger partial charge < -0.3 is 9.64 Å². The summed E-state index contributed by atoms with van der Waals surface area (Å²) in [4.78, 5) is 30.6. The summed E-state index contributed by atoms with van der Waals surface area (Å²) in [6, 6.07) is 0. The first-order valence-electron chi connectivity index (χ1n) is 7.07. The lowest BCUT2D eigenvalue weighted by atomic mass is 10.1. The molecule has 0 aliphatic carbocycles. The fourth-order valence-corrected chi connectivity index (χ4v) is 3.16. The molecule has 0 aromatic carbocycles. The molecule has 0 bridgehead atoms. The molecule has 1 aliphatic rings. The first-order chi connectivity index (χ1) is 10.2. The average molecular weight is 307 g/mol. The number of carbonyl (C=O) groups is 2. The average Bonchev–Trinajstić information content (AvgIpc) is 3.07. The Balaban J connectivity index is 1.47. The Kier molecular flexibility index (Phi) is 4.19. The van der Waals surface area contributed by atoms with Crippen LogP contribution in [0.15, 0.2) is 17.8 Å². The normalized spacial score (nSPS) is 15.3. The van der Waals surface area contributed by atoms with Crippen LogP contribution >= 0.6 is 11.3 Å². The number of nitrogens with zero attached hydrogens (tertiary/aromatic N) is 3. The van der Waals surface area contributed by atoms with Gasteiger partial charge in [0.05, 0.1) is 12.1 Å². The monoisotopic (exact) mass is 307 g/mol. The minimum absolute atomic E-state index is 0.0989. The Morgan fingerprint density at radius 1 is 1.29 bits per heavy atom. The van der Waals surface area contributed by atoms with Crippen LogP contribution in [0.25, 0.3) is 4.96 Å². The van der Waals surface area contributed by atoms with E-state index >= 15 is 0 Å². The molecule has 0 radical (unpaired) electrons. The number of rotatable bonds is 4. The maximum absolute atomic E-state index is 11.9. The summed E-state index contributed by atoms with van der Waals surface area (Å²) in [5, 5.41) is 1.93. The third-order valence-corrected chi connectivity index (χ3v) is 4.30. The second-order valence-corrected chi connectivity index (χ2v) is 5.98. The smallest absolute Gasteiger partial charge is 0.312 e. The van der Waals surface area contributed by atoms with Crippen LogP contribution in [-0.2, 0) is 20.7 Å². The van der Waals surface area contributed by atoms with Crippen molar-refractivity contribution < 1.29 is 14.3 Å². The van der Waals surface area contributed by atoms with E-state index in [-0.39, 0.29) is 18.9 Å². The van der Waals surface area contributed by atoms with Crippen molar-refractivity contribution in [3.63, 3.8) is 0 Å². The molecule has 3 heterocycles. The van der Waals surface area contributed by atoms with E-state index in [0.717, 1.165) is 30.9 Å². The van der Waals surface area contributed by atoms with Gasteiger partial charge in [-0.1, -0.05) is 0 Å². The Morgan fingerprint density at radius 2 is 2.10 bits per heavy atom. The van der Waals surface area contributed by atoms with Crippen LogP contribution in [0.1, 0.15) is 25.0 Å². The summed E-state index contributed by atoms with van der Waals surface area (Å²) in [5.41, 5.74) is 0.664. The van der Waals surface area contributed by atoms with Gasteiger partial charge in [-0.2, -0.15) is 0 Å². The lowest BCUT2D eigenvalue weighted by molar-refractivity contribution is -0.151. The van der Waals surface area contributed by atoms with Gasteiger partial charge in [-0.05, 0) is 19.3 Å². The molecule has 1 saturated heterocycles. The standard InChI is InChI=1S/C14H17N3O3S/c18-12(16-4-2-1-3-5-16)10-20-13(19)8-11-9-17-6-7-21-14(17)15-11/h6-7,9H,1-5,8,10H2. The molecule has 0 saturated carbocycles. The van der Waals surface area contributed by atoms with Crippen molar-refractivity contribution in [3.05, 3.63) is 23.5 Å². The van der Waals surface area contributed by atoms with E-state index in [1.807, 2.05) is 16.0 Å². The van der Waals surface area contributed by atoms with Crippen LogP contribution in [0.2, 0.25) is 0 Å². The van der Waals surface area contributed by atoms with Gasteiger partial charge in [0.1, 0.15) is 0 Å². The van der Waals surface area contributed by atoms with Gasteiger partial charge in [-0.3, -0.25) is 14.0 Å². The van der Waals surface area contributed by atoms with Crippen LogP contribution in [0.5, 0.6) is 0 Å². The zero-order valence-electron chi connectivity index (χ0n) is 11.7. The Labute approximate surface area is 126 Å². The molecular weight excluding hydrogens is 290 g/mol. The van der Waals surface area contributed by atoms with E-state index in [9.17, 15) is 9.59 Å². The van der Waals surface area contributed by atoms with Crippen molar-refractivity contribution in [3.8, 4) is 0 Å². The van der Waals surface area contributed by atoms with Crippen molar-refractivity contribution in [2.45, 2.75) is 25.7 Å². The number of hydrogen-bond donors (Lipinski definition) is 0. The molecule has 1 amide bonds. The van der Waals surface area contributed by atoms with Crippen LogP contribution in [0.4, 0.5) is 0 Å². The Hall–Kier alpha value is -1.89. The summed E-state index contributed by atoms with van der Waals surface area (Å²) in [6.45, 7) is 1.38. The second-order valence-electron chi connectivity index (χ2n) is 5.10. The maximum atomic E-state index is 11.9. The lowest BCUT2D eigenvalue weighted by Crippen LogP contribution is -2.38. The number of esters is 1. The van der Waals surface area contributed by atoms with Gasteiger partial charge in [0.2, 0.25) is 0 Å². The highest BCUT2D eigenvalue weighted by atomic mass is 32.1. The maximum Gasteiger partial charge on any atom is 0.312 e. The van der Waals surface area contributed by atoms with E-state index in [1.165, 1.54) is 17.8 Å². The number of likely N-dealkylation sites (tertiary alicyclic amines) is 1. The highest BCUT2D eigenvalue weighted by molar-refractivity contribution is 7.15. The first-order valence-corrected chi connectivity index (χ1v) is 7.95. The number of fused-ring (bicyclic) bond motifs is 1. The minimum atomic E-state index is -0.411. The lowest BCUT2D eigenvalue weighted by Gasteiger charge is -2.26. The molecule has 3 rings (SSSR count). The van der Waals surface area contributed by atoms with Crippen LogP contribution in [0.3, 0.4) is 0 Å². The Morgan fingerprint density at radius 3 is 2.86 bits per heavy atom. The van der Waals surface area contributed by atoms with Crippen LogP contribution < -0.4 is 0 Å². The highest BCUT2D eigenvalue weighted by Gasteiger charge is 2.18. The molecule has 2 aromatic rings. The molecule has 0 atom stereocenters. The molecule has 7 heteroatoms. The summed E-state index contributed by atoms with van der Waals surface area (Å²) < 4.78 is 6.92. The van der Waals surface area contributed by atoms with E-state index in [1.54, 1.807) is 11.1 Å². The topological polar surface area (TPSA) is 63.9 Å². The molecule has 21 heavy (non-hydrogen) atoms. The van der Waals surface area contributed by atoms with Gasteiger partial charge in [0.25, 0.3) is 5.91 Å². The highest BCUT2D eigenvalue weighted by Crippen LogP contribution is 2.12. The predicted molar refractivity (Wildman–Crippen MR) is 78.2 cm³/mol. The molecule has 112 valence electrons. The van der Waals surface area contributed by atoms with Crippen molar-refractivity contribution >= 4 is 28.2 Å². The number of amides is 1. The molecule has 0 spiro atoms. The molecule has 6 nitrogen and oxygen atoms in total. The second kappa shape index (κ2) is 6.26. The summed E-state index contributed by atoms with van der Waals surface area (Å²) in [5.74, 6) is -0.514. The number of thiazole rings is 1. The predicted octanol–water partition coefficient (Wildman–Crippen LogP) is 1.49. The third-order valence-electron chi connectivity index (χ3n) is 3.53. The van der Waals surface area contributed by atoms with Gasteiger partial charge in [-0.25, -0.2) is 4.98 Å². The van der Waals surface area contributed by atoms with Crippen molar-refractivity contribution in [1.82, 2.24) is 14.3 Å². The van der Waals surface area contributed by atoms with Gasteiger partial charge in [0, 0.05) is 30.9 Å². The molecule has 2 aromatic heterocycles. The van der Waals surface area contributed by atoms with E-state index in [0.29, 0.717) is 5.69 Å². The number of carbonyl (C=O) groups excluding carboxylic acids is 2. The molecule has 0 N–H and O–H groups in total. The first kappa shape index (κ1) is 14.1. The summed E-state index contributed by atoms with van der Waals surface area (Å²) >= 11 is 1.51. The largest absolute Gasteiger partial charge is 0.455 e. The summed E-state index contributed by atoms with van der Waals surface area (Å²) in [6.07, 6.45) is 7.03. The van der Waals surface area contributed by atoms with E-state index < -0.39 is 5.97 Å². The zero-order chi connectivity index (χ0) is 14.7. The minimum Gasteiger partial charge on any atom is -0.455 e.